The Bertz CT molecular complexity index is 704. The van der Waals surface area contributed by atoms with Crippen molar-refractivity contribution < 1.29 is 18.3 Å². The van der Waals surface area contributed by atoms with Crippen LogP contribution in [0.5, 0.6) is 0 Å². The molecule has 2 heterocycles. The number of aromatic nitrogens is 2. The Kier molecular flexibility index (Phi) is 6.23. The lowest BCUT2D eigenvalue weighted by molar-refractivity contribution is -0.126. The number of rotatable bonds is 7. The van der Waals surface area contributed by atoms with Crippen molar-refractivity contribution in [2.24, 2.45) is 5.73 Å². The standard InChI is InChI=1S/C16H23F3N4OS/c1-4-12(13(24)5-9(2)20)23(3)14-11-6-10(7-16(17,18)19)25-15(11)22-8-21-14/h6,8-9,12-13,24H,4-5,7,20H2,1-3H3. The minimum atomic E-state index is -4.26. The van der Waals surface area contributed by atoms with Crippen LogP contribution in [0.15, 0.2) is 12.4 Å². The van der Waals surface area contributed by atoms with Gasteiger partial charge in [0.2, 0.25) is 0 Å². The number of hydrogen-bond acceptors (Lipinski definition) is 6. The van der Waals surface area contributed by atoms with Crippen molar-refractivity contribution in [2.75, 3.05) is 11.9 Å². The molecule has 0 fully saturated rings. The zero-order valence-corrected chi connectivity index (χ0v) is 15.2. The summed E-state index contributed by atoms with van der Waals surface area (Å²) >= 11 is 1.01. The summed E-state index contributed by atoms with van der Waals surface area (Å²) in [5, 5.41) is 11.0. The lowest BCUT2D eigenvalue weighted by atomic mass is 10.0. The summed E-state index contributed by atoms with van der Waals surface area (Å²) in [5.41, 5.74) is 5.77. The minimum absolute atomic E-state index is 0.151. The number of aliphatic hydroxyl groups is 1. The molecule has 3 atom stereocenters. The van der Waals surface area contributed by atoms with E-state index < -0.39 is 18.7 Å². The molecular weight excluding hydrogens is 353 g/mol. The van der Waals surface area contributed by atoms with Crippen LogP contribution in [0.2, 0.25) is 0 Å². The zero-order chi connectivity index (χ0) is 18.8. The molecule has 0 saturated heterocycles. The quantitative estimate of drug-likeness (QED) is 0.777. The van der Waals surface area contributed by atoms with E-state index in [1.165, 1.54) is 12.4 Å². The van der Waals surface area contributed by atoms with Gasteiger partial charge in [-0.05, 0) is 25.8 Å². The minimum Gasteiger partial charge on any atom is -0.391 e. The fourth-order valence-corrected chi connectivity index (χ4v) is 3.98. The van der Waals surface area contributed by atoms with Gasteiger partial charge < -0.3 is 15.7 Å². The first kappa shape index (κ1) is 19.9. The Morgan fingerprint density at radius 3 is 2.60 bits per heavy atom. The number of nitrogens with zero attached hydrogens (tertiary/aromatic N) is 3. The highest BCUT2D eigenvalue weighted by Crippen LogP contribution is 2.34. The van der Waals surface area contributed by atoms with E-state index in [4.69, 9.17) is 5.73 Å². The average molecular weight is 376 g/mol. The summed E-state index contributed by atoms with van der Waals surface area (Å²) in [5.74, 6) is 0.519. The molecule has 0 amide bonds. The van der Waals surface area contributed by atoms with E-state index in [0.29, 0.717) is 28.9 Å². The monoisotopic (exact) mass is 376 g/mol. The van der Waals surface area contributed by atoms with Crippen LogP contribution in [0.1, 0.15) is 31.6 Å². The molecule has 25 heavy (non-hydrogen) atoms. The van der Waals surface area contributed by atoms with Gasteiger partial charge in [0.05, 0.1) is 24.0 Å². The van der Waals surface area contributed by atoms with Crippen molar-refractivity contribution in [3.63, 3.8) is 0 Å². The van der Waals surface area contributed by atoms with Crippen LogP contribution in [0, 0.1) is 0 Å². The summed E-state index contributed by atoms with van der Waals surface area (Å²) in [4.78, 5) is 10.8. The summed E-state index contributed by atoms with van der Waals surface area (Å²) < 4.78 is 38.0. The summed E-state index contributed by atoms with van der Waals surface area (Å²) in [6, 6.07) is 1.10. The number of halogens is 3. The maximum absolute atomic E-state index is 12.7. The Morgan fingerprint density at radius 2 is 2.04 bits per heavy atom. The number of anilines is 1. The maximum Gasteiger partial charge on any atom is 0.393 e. The lowest BCUT2D eigenvalue weighted by Crippen LogP contribution is -2.43. The van der Waals surface area contributed by atoms with Crippen LogP contribution < -0.4 is 10.6 Å². The molecule has 2 aromatic heterocycles. The average Bonchev–Trinajstić information content (AvgIpc) is 2.86. The first-order valence-electron chi connectivity index (χ1n) is 8.09. The Balaban J connectivity index is 2.35. The van der Waals surface area contributed by atoms with Gasteiger partial charge in [0.15, 0.2) is 0 Å². The molecule has 2 aromatic rings. The normalized spacial score (nSPS) is 16.0. The lowest BCUT2D eigenvalue weighted by Gasteiger charge is -2.33. The van der Waals surface area contributed by atoms with E-state index in [9.17, 15) is 18.3 Å². The Labute approximate surface area is 148 Å². The van der Waals surface area contributed by atoms with Gasteiger partial charge in [-0.2, -0.15) is 13.2 Å². The molecule has 0 spiro atoms. The second-order valence-electron chi connectivity index (χ2n) is 6.29. The third-order valence-corrected chi connectivity index (χ3v) is 5.08. The zero-order valence-electron chi connectivity index (χ0n) is 14.4. The van der Waals surface area contributed by atoms with Gasteiger partial charge in [-0.1, -0.05) is 6.92 Å². The number of thiophene rings is 1. The number of fused-ring (bicyclic) bond motifs is 1. The fraction of sp³-hybridized carbons (Fsp3) is 0.625. The summed E-state index contributed by atoms with van der Waals surface area (Å²) in [7, 11) is 1.78. The van der Waals surface area contributed by atoms with Gasteiger partial charge in [-0.3, -0.25) is 0 Å². The van der Waals surface area contributed by atoms with Gasteiger partial charge in [0.1, 0.15) is 17.0 Å². The van der Waals surface area contributed by atoms with E-state index in [1.54, 1.807) is 11.9 Å². The molecule has 0 saturated carbocycles. The molecule has 140 valence electrons. The molecule has 0 aliphatic rings. The van der Waals surface area contributed by atoms with Crippen molar-refractivity contribution in [1.82, 2.24) is 9.97 Å². The van der Waals surface area contributed by atoms with E-state index in [-0.39, 0.29) is 17.0 Å². The molecule has 2 rings (SSSR count). The molecule has 9 heteroatoms. The number of likely N-dealkylation sites (N-methyl/N-ethyl adjacent to an activating group) is 1. The SMILES string of the molecule is CCC(C(O)CC(C)N)N(C)c1ncnc2sc(CC(F)(F)F)cc12. The fourth-order valence-electron chi connectivity index (χ4n) is 2.96. The van der Waals surface area contributed by atoms with Crippen LogP contribution in [0.25, 0.3) is 10.2 Å². The smallest absolute Gasteiger partial charge is 0.391 e. The first-order chi connectivity index (χ1) is 11.6. The molecule has 3 unspecified atom stereocenters. The van der Waals surface area contributed by atoms with Gasteiger partial charge >= 0.3 is 6.18 Å². The van der Waals surface area contributed by atoms with Crippen molar-refractivity contribution in [1.29, 1.82) is 0 Å². The highest BCUT2D eigenvalue weighted by atomic mass is 32.1. The molecule has 0 radical (unpaired) electrons. The molecule has 0 aliphatic heterocycles. The second kappa shape index (κ2) is 7.84. The summed E-state index contributed by atoms with van der Waals surface area (Å²) in [6.45, 7) is 3.76. The molecular formula is C16H23F3N4OS. The van der Waals surface area contributed by atoms with Gasteiger partial charge in [-0.15, -0.1) is 11.3 Å². The highest BCUT2D eigenvalue weighted by molar-refractivity contribution is 7.18. The van der Waals surface area contributed by atoms with E-state index >= 15 is 0 Å². The van der Waals surface area contributed by atoms with Crippen LogP contribution >= 0.6 is 11.3 Å². The molecule has 3 N–H and O–H groups in total. The predicted molar refractivity (Wildman–Crippen MR) is 93.9 cm³/mol. The van der Waals surface area contributed by atoms with E-state index in [2.05, 4.69) is 9.97 Å². The largest absolute Gasteiger partial charge is 0.393 e. The maximum atomic E-state index is 12.7. The van der Waals surface area contributed by atoms with Crippen LogP contribution in [-0.4, -0.2) is 46.5 Å². The number of hydrogen-bond donors (Lipinski definition) is 2. The van der Waals surface area contributed by atoms with E-state index in [0.717, 1.165) is 11.3 Å². The van der Waals surface area contributed by atoms with Crippen molar-refractivity contribution >= 4 is 27.4 Å². The third-order valence-electron chi connectivity index (χ3n) is 4.04. The van der Waals surface area contributed by atoms with Crippen LogP contribution in [0.3, 0.4) is 0 Å². The topological polar surface area (TPSA) is 75.3 Å². The van der Waals surface area contributed by atoms with Crippen molar-refractivity contribution in [3.8, 4) is 0 Å². The number of nitrogens with two attached hydrogens (primary N) is 1. The summed E-state index contributed by atoms with van der Waals surface area (Å²) in [6.07, 6.45) is -3.49. The highest BCUT2D eigenvalue weighted by Gasteiger charge is 2.30. The van der Waals surface area contributed by atoms with Crippen LogP contribution in [-0.2, 0) is 6.42 Å². The third kappa shape index (κ3) is 5.02. The van der Waals surface area contributed by atoms with Gasteiger partial charge in [-0.25, -0.2) is 9.97 Å². The number of alkyl halides is 3. The second-order valence-corrected chi connectivity index (χ2v) is 7.40. The Morgan fingerprint density at radius 1 is 1.36 bits per heavy atom. The molecule has 0 aromatic carbocycles. The molecule has 0 aliphatic carbocycles. The van der Waals surface area contributed by atoms with Gasteiger partial charge in [0.25, 0.3) is 0 Å². The van der Waals surface area contributed by atoms with Crippen LogP contribution in [0.4, 0.5) is 19.0 Å². The predicted octanol–water partition coefficient (Wildman–Crippen LogP) is 3.11. The van der Waals surface area contributed by atoms with Crippen molar-refractivity contribution in [2.45, 2.75) is 57.5 Å². The number of aliphatic hydroxyl groups excluding tert-OH is 1. The first-order valence-corrected chi connectivity index (χ1v) is 8.90. The van der Waals surface area contributed by atoms with E-state index in [1.807, 2.05) is 13.8 Å². The Hall–Kier alpha value is -1.45. The van der Waals surface area contributed by atoms with Gasteiger partial charge in [0, 0.05) is 18.0 Å². The molecule has 0 bridgehead atoms. The van der Waals surface area contributed by atoms with Crippen molar-refractivity contribution in [3.05, 3.63) is 17.3 Å². The molecule has 5 nitrogen and oxygen atoms in total.